The topological polar surface area (TPSA) is 79.8 Å². The van der Waals surface area contributed by atoms with Crippen LogP contribution in [0.1, 0.15) is 0 Å². The van der Waals surface area contributed by atoms with E-state index in [4.69, 9.17) is 11.6 Å². The van der Waals surface area contributed by atoms with E-state index >= 15 is 0 Å². The predicted octanol–water partition coefficient (Wildman–Crippen LogP) is 3.30. The third-order valence-electron chi connectivity index (χ3n) is 2.87. The van der Waals surface area contributed by atoms with Crippen molar-refractivity contribution >= 4 is 39.7 Å². The van der Waals surface area contributed by atoms with Crippen LogP contribution in [0.5, 0.6) is 0 Å². The molecule has 0 bridgehead atoms. The van der Waals surface area contributed by atoms with E-state index in [1.54, 1.807) is 18.3 Å². The molecule has 0 spiro atoms. The lowest BCUT2D eigenvalue weighted by Crippen LogP contribution is -2.21. The minimum Gasteiger partial charge on any atom is -0.375 e. The number of para-hydroxylation sites is 1. The molecule has 0 aliphatic rings. The molecular formula is C15H12ClN5OS. The molecule has 116 valence electrons. The molecule has 2 heterocycles. The number of carbonyl (C=O) groups is 1. The van der Waals surface area contributed by atoms with Crippen LogP contribution in [0.15, 0.2) is 48.7 Å². The fourth-order valence-corrected chi connectivity index (χ4v) is 2.75. The normalized spacial score (nSPS) is 10.3. The van der Waals surface area contributed by atoms with Crippen molar-refractivity contribution in [1.29, 1.82) is 0 Å². The molecule has 2 aromatic heterocycles. The molecule has 1 aromatic carbocycles. The highest BCUT2D eigenvalue weighted by atomic mass is 35.5. The maximum absolute atomic E-state index is 11.9. The number of anilines is 2. The number of halogens is 1. The molecule has 8 heteroatoms. The Morgan fingerprint density at radius 3 is 2.74 bits per heavy atom. The quantitative estimate of drug-likeness (QED) is 0.741. The van der Waals surface area contributed by atoms with Crippen LogP contribution in [0, 0.1) is 0 Å². The monoisotopic (exact) mass is 345 g/mol. The van der Waals surface area contributed by atoms with Crippen LogP contribution in [0.2, 0.25) is 5.02 Å². The van der Waals surface area contributed by atoms with E-state index in [9.17, 15) is 4.79 Å². The summed E-state index contributed by atoms with van der Waals surface area (Å²) < 4.78 is 0. The third kappa shape index (κ3) is 4.02. The molecule has 0 saturated heterocycles. The Hall–Kier alpha value is -2.51. The van der Waals surface area contributed by atoms with E-state index in [0.717, 1.165) is 5.69 Å². The van der Waals surface area contributed by atoms with Gasteiger partial charge in [0, 0.05) is 6.20 Å². The smallest absolute Gasteiger partial charge is 0.245 e. The van der Waals surface area contributed by atoms with E-state index in [-0.39, 0.29) is 12.5 Å². The molecule has 0 aliphatic carbocycles. The van der Waals surface area contributed by atoms with E-state index in [0.29, 0.717) is 20.8 Å². The number of hydrogen-bond donors (Lipinski definition) is 2. The van der Waals surface area contributed by atoms with Crippen molar-refractivity contribution in [2.75, 3.05) is 17.2 Å². The molecule has 0 fully saturated rings. The summed E-state index contributed by atoms with van der Waals surface area (Å²) in [6.45, 7) is 0.0855. The second-order valence-corrected chi connectivity index (χ2v) is 5.89. The Labute approximate surface area is 141 Å². The van der Waals surface area contributed by atoms with Gasteiger partial charge < -0.3 is 5.32 Å². The first-order valence-electron chi connectivity index (χ1n) is 6.75. The van der Waals surface area contributed by atoms with Gasteiger partial charge in [-0.25, -0.2) is 0 Å². The van der Waals surface area contributed by atoms with Gasteiger partial charge in [-0.2, -0.15) is 0 Å². The summed E-state index contributed by atoms with van der Waals surface area (Å²) in [6, 6.07) is 12.8. The Bertz CT molecular complexity index is 808. The highest BCUT2D eigenvalue weighted by Crippen LogP contribution is 2.24. The summed E-state index contributed by atoms with van der Waals surface area (Å²) in [5, 5.41) is 15.3. The lowest BCUT2D eigenvalue weighted by atomic mass is 10.3. The number of hydrogen-bond acceptors (Lipinski definition) is 6. The number of aromatic nitrogens is 3. The van der Waals surface area contributed by atoms with Gasteiger partial charge >= 0.3 is 0 Å². The minimum atomic E-state index is -0.228. The highest BCUT2D eigenvalue weighted by Gasteiger charge is 2.10. The van der Waals surface area contributed by atoms with Gasteiger partial charge in [-0.05, 0) is 24.3 Å². The fourth-order valence-electron chi connectivity index (χ4n) is 1.81. The summed E-state index contributed by atoms with van der Waals surface area (Å²) >= 11 is 7.29. The van der Waals surface area contributed by atoms with Crippen LogP contribution in [0.4, 0.5) is 10.8 Å². The molecule has 0 saturated carbocycles. The lowest BCUT2D eigenvalue weighted by molar-refractivity contribution is -0.114. The highest BCUT2D eigenvalue weighted by molar-refractivity contribution is 7.18. The molecule has 0 unspecified atom stereocenters. The third-order valence-corrected chi connectivity index (χ3v) is 4.06. The van der Waals surface area contributed by atoms with Crippen LogP contribution in [-0.2, 0) is 4.79 Å². The summed E-state index contributed by atoms with van der Waals surface area (Å²) in [5.41, 5.74) is 1.43. The number of pyridine rings is 1. The van der Waals surface area contributed by atoms with E-state index < -0.39 is 0 Å². The first-order chi connectivity index (χ1) is 11.2. The molecule has 3 aromatic rings. The number of nitrogens with zero attached hydrogens (tertiary/aromatic N) is 3. The molecule has 2 N–H and O–H groups in total. The molecule has 1 amide bonds. The van der Waals surface area contributed by atoms with Crippen molar-refractivity contribution in [2.24, 2.45) is 0 Å². The number of nitrogens with one attached hydrogen (secondary N) is 2. The van der Waals surface area contributed by atoms with Gasteiger partial charge in [-0.15, -0.1) is 10.2 Å². The summed E-state index contributed by atoms with van der Waals surface area (Å²) in [5.74, 6) is -0.228. The first-order valence-corrected chi connectivity index (χ1v) is 7.95. The van der Waals surface area contributed by atoms with Gasteiger partial charge in [0.25, 0.3) is 0 Å². The largest absolute Gasteiger partial charge is 0.375 e. The van der Waals surface area contributed by atoms with Crippen LogP contribution in [0.25, 0.3) is 10.7 Å². The van der Waals surface area contributed by atoms with Crippen molar-refractivity contribution in [3.63, 3.8) is 0 Å². The maximum Gasteiger partial charge on any atom is 0.245 e. The summed E-state index contributed by atoms with van der Waals surface area (Å²) in [4.78, 5) is 16.1. The Morgan fingerprint density at radius 1 is 1.13 bits per heavy atom. The van der Waals surface area contributed by atoms with E-state index in [1.807, 2.05) is 30.3 Å². The maximum atomic E-state index is 11.9. The predicted molar refractivity (Wildman–Crippen MR) is 91.7 cm³/mol. The molecule has 0 aliphatic heterocycles. The van der Waals surface area contributed by atoms with Gasteiger partial charge in [0.1, 0.15) is 5.69 Å². The molecule has 3 rings (SSSR count). The molecule has 0 atom stereocenters. The van der Waals surface area contributed by atoms with Crippen molar-refractivity contribution < 1.29 is 4.79 Å². The first kappa shape index (κ1) is 15.4. The fraction of sp³-hybridized carbons (Fsp3) is 0.0667. The average Bonchev–Trinajstić information content (AvgIpc) is 3.03. The zero-order chi connectivity index (χ0) is 16.1. The van der Waals surface area contributed by atoms with Crippen molar-refractivity contribution in [3.8, 4) is 10.7 Å². The number of amides is 1. The zero-order valence-corrected chi connectivity index (χ0v) is 13.4. The van der Waals surface area contributed by atoms with Gasteiger partial charge in [-0.1, -0.05) is 41.1 Å². The van der Waals surface area contributed by atoms with Gasteiger partial charge in [-0.3, -0.25) is 15.1 Å². The second-order valence-electron chi connectivity index (χ2n) is 4.51. The summed E-state index contributed by atoms with van der Waals surface area (Å²) in [6.07, 6.45) is 1.68. The molecular weight excluding hydrogens is 334 g/mol. The minimum absolute atomic E-state index is 0.0855. The van der Waals surface area contributed by atoms with E-state index in [1.165, 1.54) is 11.3 Å². The van der Waals surface area contributed by atoms with Gasteiger partial charge in [0.05, 0.1) is 17.3 Å². The Balaban J connectivity index is 1.58. The van der Waals surface area contributed by atoms with Crippen molar-refractivity contribution in [1.82, 2.24) is 15.2 Å². The zero-order valence-electron chi connectivity index (χ0n) is 11.9. The SMILES string of the molecule is O=C(CNc1ccccc1Cl)Nc1nnc(-c2ccccn2)s1. The standard InChI is InChI=1S/C15H12ClN5OS/c16-10-5-1-2-6-11(10)18-9-13(22)19-15-21-20-14(23-15)12-7-3-4-8-17-12/h1-8,18H,9H2,(H,19,21,22). The Kier molecular flexibility index (Phi) is 4.80. The number of rotatable bonds is 5. The van der Waals surface area contributed by atoms with Crippen molar-refractivity contribution in [3.05, 3.63) is 53.7 Å². The number of carbonyl (C=O) groups excluding carboxylic acids is 1. The Morgan fingerprint density at radius 2 is 1.96 bits per heavy atom. The summed E-state index contributed by atoms with van der Waals surface area (Å²) in [7, 11) is 0. The lowest BCUT2D eigenvalue weighted by Gasteiger charge is -2.07. The average molecular weight is 346 g/mol. The molecule has 6 nitrogen and oxygen atoms in total. The van der Waals surface area contributed by atoms with Crippen LogP contribution < -0.4 is 10.6 Å². The van der Waals surface area contributed by atoms with E-state index in [2.05, 4.69) is 25.8 Å². The van der Waals surface area contributed by atoms with Gasteiger partial charge in [0.15, 0.2) is 5.01 Å². The second kappa shape index (κ2) is 7.17. The van der Waals surface area contributed by atoms with Crippen molar-refractivity contribution in [2.45, 2.75) is 0 Å². The van der Waals surface area contributed by atoms with Crippen LogP contribution in [-0.4, -0.2) is 27.6 Å². The van der Waals surface area contributed by atoms with Crippen LogP contribution >= 0.6 is 22.9 Å². The van der Waals surface area contributed by atoms with Gasteiger partial charge in [0.2, 0.25) is 11.0 Å². The van der Waals surface area contributed by atoms with Crippen LogP contribution in [0.3, 0.4) is 0 Å². The molecule has 23 heavy (non-hydrogen) atoms. The number of benzene rings is 1. The molecule has 0 radical (unpaired) electrons.